The zero-order valence-corrected chi connectivity index (χ0v) is 9.98. The Balaban J connectivity index is 2.36. The van der Waals surface area contributed by atoms with Gasteiger partial charge in [-0.3, -0.25) is 4.79 Å². The molecule has 0 radical (unpaired) electrons. The Kier molecular flexibility index (Phi) is 5.27. The van der Waals surface area contributed by atoms with Gasteiger partial charge in [0, 0.05) is 12.3 Å². The Morgan fingerprint density at radius 1 is 1.75 bits per heavy atom. The molecule has 0 saturated carbocycles. The highest BCUT2D eigenvalue weighted by Gasteiger charge is 2.12. The standard InChI is InChI=1S/C9H16N4O2S/c1-2-3-13-8(11-6-12-13)5-16-4-7(10)9(14)15/h6-7H,2-5,10H2,1H3,(H,14,15)/t7-/m0/s1. The van der Waals surface area contributed by atoms with E-state index in [1.54, 1.807) is 0 Å². The average molecular weight is 244 g/mol. The van der Waals surface area contributed by atoms with Crippen LogP contribution in [0.15, 0.2) is 6.33 Å². The second-order valence-corrected chi connectivity index (χ2v) is 4.39. The largest absolute Gasteiger partial charge is 0.480 e. The molecule has 0 aliphatic rings. The second kappa shape index (κ2) is 6.49. The SMILES string of the molecule is CCCn1ncnc1CSC[C@H](N)C(=O)O. The Morgan fingerprint density at radius 3 is 3.12 bits per heavy atom. The molecule has 0 aliphatic heterocycles. The molecule has 1 aromatic rings. The molecule has 7 heteroatoms. The molecule has 3 N–H and O–H groups in total. The third kappa shape index (κ3) is 3.82. The van der Waals surface area contributed by atoms with Gasteiger partial charge in [0.1, 0.15) is 18.2 Å². The summed E-state index contributed by atoms with van der Waals surface area (Å²) in [5.74, 6) is 0.918. The molecular formula is C9H16N4O2S. The first kappa shape index (κ1) is 13.0. The monoisotopic (exact) mass is 244 g/mol. The number of hydrogen-bond donors (Lipinski definition) is 2. The highest BCUT2D eigenvalue weighted by Crippen LogP contribution is 2.10. The molecule has 0 amide bonds. The van der Waals surface area contributed by atoms with Crippen molar-refractivity contribution in [1.82, 2.24) is 14.8 Å². The van der Waals surface area contributed by atoms with Crippen LogP contribution in [0.1, 0.15) is 19.2 Å². The molecular weight excluding hydrogens is 228 g/mol. The molecule has 1 aromatic heterocycles. The van der Waals surface area contributed by atoms with Crippen LogP contribution in [0, 0.1) is 0 Å². The van der Waals surface area contributed by atoms with Crippen LogP contribution in [0.25, 0.3) is 0 Å². The number of aromatic nitrogens is 3. The molecule has 6 nitrogen and oxygen atoms in total. The van der Waals surface area contributed by atoms with E-state index < -0.39 is 12.0 Å². The fourth-order valence-electron chi connectivity index (χ4n) is 1.15. The maximum absolute atomic E-state index is 10.5. The van der Waals surface area contributed by atoms with Gasteiger partial charge in [-0.15, -0.1) is 0 Å². The fraction of sp³-hybridized carbons (Fsp3) is 0.667. The zero-order valence-electron chi connectivity index (χ0n) is 9.17. The summed E-state index contributed by atoms with van der Waals surface area (Å²) in [5.41, 5.74) is 5.39. The van der Waals surface area contributed by atoms with E-state index in [9.17, 15) is 4.79 Å². The zero-order chi connectivity index (χ0) is 12.0. The minimum Gasteiger partial charge on any atom is -0.480 e. The van der Waals surface area contributed by atoms with Gasteiger partial charge in [0.2, 0.25) is 0 Å². The van der Waals surface area contributed by atoms with E-state index in [-0.39, 0.29) is 0 Å². The van der Waals surface area contributed by atoms with E-state index in [2.05, 4.69) is 17.0 Å². The van der Waals surface area contributed by atoms with Gasteiger partial charge in [-0.2, -0.15) is 16.9 Å². The third-order valence-corrected chi connectivity index (χ3v) is 3.03. The van der Waals surface area contributed by atoms with E-state index in [1.807, 2.05) is 4.68 Å². The first-order chi connectivity index (χ1) is 7.65. The lowest BCUT2D eigenvalue weighted by Crippen LogP contribution is -2.32. The molecule has 0 aromatic carbocycles. The smallest absolute Gasteiger partial charge is 0.321 e. The summed E-state index contributed by atoms with van der Waals surface area (Å²) in [4.78, 5) is 14.6. The Hall–Kier alpha value is -1.08. The number of carbonyl (C=O) groups is 1. The van der Waals surface area contributed by atoms with Crippen molar-refractivity contribution in [2.75, 3.05) is 5.75 Å². The van der Waals surface area contributed by atoms with Gasteiger partial charge < -0.3 is 10.8 Å². The van der Waals surface area contributed by atoms with Gasteiger partial charge >= 0.3 is 5.97 Å². The number of carboxylic acid groups (broad SMARTS) is 1. The van der Waals surface area contributed by atoms with Crippen LogP contribution < -0.4 is 5.73 Å². The minimum atomic E-state index is -0.970. The predicted octanol–water partition coefficient (Wildman–Crippen LogP) is 0.333. The number of hydrogen-bond acceptors (Lipinski definition) is 5. The van der Waals surface area contributed by atoms with Gasteiger partial charge in [0.05, 0.1) is 5.75 Å². The van der Waals surface area contributed by atoms with E-state index >= 15 is 0 Å². The summed E-state index contributed by atoms with van der Waals surface area (Å²) < 4.78 is 1.83. The summed E-state index contributed by atoms with van der Waals surface area (Å²) in [6, 6.07) is -0.812. The van der Waals surface area contributed by atoms with Crippen LogP contribution in [0.5, 0.6) is 0 Å². The van der Waals surface area contributed by atoms with Crippen LogP contribution in [-0.4, -0.2) is 37.6 Å². The van der Waals surface area contributed by atoms with Crippen LogP contribution in [0.4, 0.5) is 0 Å². The van der Waals surface area contributed by atoms with Gasteiger partial charge in [0.15, 0.2) is 0 Å². The first-order valence-electron chi connectivity index (χ1n) is 5.08. The lowest BCUT2D eigenvalue weighted by atomic mass is 10.4. The van der Waals surface area contributed by atoms with Crippen molar-refractivity contribution < 1.29 is 9.90 Å². The summed E-state index contributed by atoms with van der Waals surface area (Å²) in [6.45, 7) is 2.90. The summed E-state index contributed by atoms with van der Waals surface area (Å²) in [7, 11) is 0. The fourth-order valence-corrected chi connectivity index (χ4v) is 2.07. The second-order valence-electron chi connectivity index (χ2n) is 3.36. The molecule has 1 rings (SSSR count). The first-order valence-corrected chi connectivity index (χ1v) is 6.23. The van der Waals surface area contributed by atoms with E-state index in [1.165, 1.54) is 18.1 Å². The topological polar surface area (TPSA) is 94.0 Å². The van der Waals surface area contributed by atoms with Crippen molar-refractivity contribution >= 4 is 17.7 Å². The molecule has 1 atom stereocenters. The van der Waals surface area contributed by atoms with Gasteiger partial charge in [0.25, 0.3) is 0 Å². The van der Waals surface area contributed by atoms with Crippen molar-refractivity contribution in [3.63, 3.8) is 0 Å². The maximum Gasteiger partial charge on any atom is 0.321 e. The van der Waals surface area contributed by atoms with Crippen LogP contribution >= 0.6 is 11.8 Å². The average Bonchev–Trinajstić information content (AvgIpc) is 2.66. The van der Waals surface area contributed by atoms with E-state index in [0.717, 1.165) is 18.8 Å². The highest BCUT2D eigenvalue weighted by molar-refractivity contribution is 7.98. The van der Waals surface area contributed by atoms with Crippen molar-refractivity contribution in [2.24, 2.45) is 5.73 Å². The number of nitrogens with zero attached hydrogens (tertiary/aromatic N) is 3. The van der Waals surface area contributed by atoms with Crippen LogP contribution in [0.2, 0.25) is 0 Å². The quantitative estimate of drug-likeness (QED) is 0.718. The highest BCUT2D eigenvalue weighted by atomic mass is 32.2. The number of rotatable bonds is 7. The lowest BCUT2D eigenvalue weighted by molar-refractivity contribution is -0.137. The minimum absolute atomic E-state index is 0.383. The molecule has 16 heavy (non-hydrogen) atoms. The van der Waals surface area contributed by atoms with E-state index in [4.69, 9.17) is 10.8 Å². The summed E-state index contributed by atoms with van der Waals surface area (Å²) >= 11 is 1.46. The Labute approximate surface area is 98.2 Å². The van der Waals surface area contributed by atoms with Crippen molar-refractivity contribution in [3.8, 4) is 0 Å². The van der Waals surface area contributed by atoms with Crippen LogP contribution in [0.3, 0.4) is 0 Å². The third-order valence-electron chi connectivity index (χ3n) is 1.98. The van der Waals surface area contributed by atoms with Gasteiger partial charge in [-0.05, 0) is 6.42 Å². The molecule has 0 fully saturated rings. The van der Waals surface area contributed by atoms with Crippen LogP contribution in [-0.2, 0) is 17.1 Å². The molecule has 0 spiro atoms. The number of thioether (sulfide) groups is 1. The van der Waals surface area contributed by atoms with Gasteiger partial charge in [-0.25, -0.2) is 9.67 Å². The molecule has 0 bridgehead atoms. The van der Waals surface area contributed by atoms with Gasteiger partial charge in [-0.1, -0.05) is 6.92 Å². The molecule has 90 valence electrons. The molecule has 1 heterocycles. The summed E-state index contributed by atoms with van der Waals surface area (Å²) in [6.07, 6.45) is 2.51. The molecule has 0 unspecified atom stereocenters. The van der Waals surface area contributed by atoms with E-state index in [0.29, 0.717) is 11.5 Å². The maximum atomic E-state index is 10.5. The normalized spacial score (nSPS) is 12.6. The number of aliphatic carboxylic acids is 1. The number of carboxylic acids is 1. The number of aryl methyl sites for hydroxylation is 1. The van der Waals surface area contributed by atoms with Crippen molar-refractivity contribution in [3.05, 3.63) is 12.2 Å². The molecule has 0 saturated heterocycles. The Bertz CT molecular complexity index is 342. The Morgan fingerprint density at radius 2 is 2.50 bits per heavy atom. The van der Waals surface area contributed by atoms with Crippen molar-refractivity contribution in [1.29, 1.82) is 0 Å². The summed E-state index contributed by atoms with van der Waals surface area (Å²) in [5, 5.41) is 12.7. The lowest BCUT2D eigenvalue weighted by Gasteiger charge is -2.06. The predicted molar refractivity (Wildman–Crippen MR) is 62.1 cm³/mol. The van der Waals surface area contributed by atoms with Crippen molar-refractivity contribution in [2.45, 2.75) is 31.7 Å². The molecule has 0 aliphatic carbocycles. The number of nitrogens with two attached hydrogens (primary N) is 1.